The lowest BCUT2D eigenvalue weighted by molar-refractivity contribution is 0.100. The van der Waals surface area contributed by atoms with Crippen molar-refractivity contribution in [2.45, 2.75) is 6.42 Å². The highest BCUT2D eigenvalue weighted by atomic mass is 16.5. The molecular weight excluding hydrogens is 274 g/mol. The first kappa shape index (κ1) is 15.6. The average Bonchev–Trinajstić information content (AvgIpc) is 2.55. The Hall–Kier alpha value is -2.81. The van der Waals surface area contributed by atoms with Gasteiger partial charge in [-0.1, -0.05) is 49.1 Å². The van der Waals surface area contributed by atoms with Crippen molar-refractivity contribution in [3.63, 3.8) is 0 Å². The third kappa shape index (κ3) is 4.35. The molecule has 0 saturated carbocycles. The van der Waals surface area contributed by atoms with Crippen molar-refractivity contribution in [3.8, 4) is 16.9 Å². The fraction of sp³-hybridized carbons (Fsp3) is 0.105. The number of rotatable bonds is 7. The van der Waals surface area contributed by atoms with Gasteiger partial charge in [0.2, 0.25) is 5.91 Å². The fourth-order valence-corrected chi connectivity index (χ4v) is 2.03. The van der Waals surface area contributed by atoms with E-state index in [-0.39, 0.29) is 0 Å². The molecule has 0 aromatic heterocycles. The van der Waals surface area contributed by atoms with E-state index in [1.54, 1.807) is 18.2 Å². The zero-order chi connectivity index (χ0) is 15.8. The second-order valence-corrected chi connectivity index (χ2v) is 4.77. The molecular formula is C19H19NO2. The van der Waals surface area contributed by atoms with Crippen molar-refractivity contribution in [2.75, 3.05) is 6.61 Å². The van der Waals surface area contributed by atoms with E-state index in [1.165, 1.54) is 0 Å². The minimum Gasteiger partial charge on any atom is -0.493 e. The Morgan fingerprint density at radius 3 is 2.59 bits per heavy atom. The highest BCUT2D eigenvalue weighted by Gasteiger charge is 2.03. The van der Waals surface area contributed by atoms with Crippen LogP contribution in [0.5, 0.6) is 5.75 Å². The second kappa shape index (κ2) is 7.84. The van der Waals surface area contributed by atoms with E-state index in [0.717, 1.165) is 23.3 Å². The van der Waals surface area contributed by atoms with Crippen molar-refractivity contribution in [1.82, 2.24) is 0 Å². The van der Waals surface area contributed by atoms with Gasteiger partial charge in [0.15, 0.2) is 0 Å². The van der Waals surface area contributed by atoms with Crippen LogP contribution < -0.4 is 10.5 Å². The van der Waals surface area contributed by atoms with Crippen LogP contribution in [0.15, 0.2) is 73.3 Å². The molecule has 0 heterocycles. The highest BCUT2D eigenvalue weighted by Crippen LogP contribution is 2.23. The molecule has 0 radical (unpaired) electrons. The minimum atomic E-state index is -0.422. The number of ether oxygens (including phenoxy) is 1. The average molecular weight is 293 g/mol. The molecule has 1 amide bonds. The molecule has 22 heavy (non-hydrogen) atoms. The van der Waals surface area contributed by atoms with Crippen LogP contribution in [0.1, 0.15) is 16.8 Å². The lowest BCUT2D eigenvalue weighted by Crippen LogP contribution is -2.10. The minimum absolute atomic E-state index is 0.422. The van der Waals surface area contributed by atoms with Crippen LogP contribution in [-0.4, -0.2) is 12.5 Å². The van der Waals surface area contributed by atoms with Crippen LogP contribution in [0, 0.1) is 0 Å². The summed E-state index contributed by atoms with van der Waals surface area (Å²) in [4.78, 5) is 11.2. The Labute approximate surface area is 130 Å². The number of carbonyl (C=O) groups is 1. The zero-order valence-electron chi connectivity index (χ0n) is 12.4. The molecule has 0 atom stereocenters. The van der Waals surface area contributed by atoms with Gasteiger partial charge in [0.25, 0.3) is 0 Å². The molecule has 0 aliphatic rings. The number of allylic oxidation sites excluding steroid dienone is 2. The molecule has 0 fully saturated rings. The smallest absolute Gasteiger partial charge is 0.248 e. The zero-order valence-corrected chi connectivity index (χ0v) is 12.4. The number of nitrogens with two attached hydrogens (primary N) is 1. The summed E-state index contributed by atoms with van der Waals surface area (Å²) in [6.45, 7) is 4.24. The van der Waals surface area contributed by atoms with Crippen molar-refractivity contribution >= 4 is 5.91 Å². The predicted octanol–water partition coefficient (Wildman–Crippen LogP) is 3.96. The molecule has 0 unspecified atom stereocenters. The van der Waals surface area contributed by atoms with Crippen LogP contribution in [0.25, 0.3) is 11.1 Å². The molecule has 0 spiro atoms. The number of amides is 1. The molecule has 2 rings (SSSR count). The number of primary amides is 1. The summed E-state index contributed by atoms with van der Waals surface area (Å²) in [5.74, 6) is 0.399. The summed E-state index contributed by atoms with van der Waals surface area (Å²) in [5, 5.41) is 0. The van der Waals surface area contributed by atoms with E-state index in [9.17, 15) is 4.79 Å². The van der Waals surface area contributed by atoms with Gasteiger partial charge in [0.1, 0.15) is 5.75 Å². The lowest BCUT2D eigenvalue weighted by atomic mass is 10.0. The number of hydrogen-bond acceptors (Lipinski definition) is 2. The van der Waals surface area contributed by atoms with E-state index in [4.69, 9.17) is 10.5 Å². The quantitative estimate of drug-likeness (QED) is 0.620. The molecule has 0 saturated heterocycles. The summed E-state index contributed by atoms with van der Waals surface area (Å²) in [7, 11) is 0. The molecule has 0 aliphatic heterocycles. The first-order valence-corrected chi connectivity index (χ1v) is 7.11. The Balaban J connectivity index is 2.02. The molecule has 0 bridgehead atoms. The molecule has 2 aromatic rings. The van der Waals surface area contributed by atoms with Gasteiger partial charge >= 0.3 is 0 Å². The van der Waals surface area contributed by atoms with Crippen LogP contribution >= 0.6 is 0 Å². The molecule has 112 valence electrons. The van der Waals surface area contributed by atoms with Gasteiger partial charge in [-0.25, -0.2) is 0 Å². The lowest BCUT2D eigenvalue weighted by Gasteiger charge is -2.07. The monoisotopic (exact) mass is 293 g/mol. The standard InChI is InChI=1S/C19H19NO2/c1-2-3-4-5-13-22-18-11-9-15(10-12-18)16-7-6-8-17(14-16)19(20)21/h2-4,6-12,14H,1,5,13H2,(H2,20,21)/b4-3+. The van der Waals surface area contributed by atoms with Gasteiger partial charge in [-0.3, -0.25) is 4.79 Å². The van der Waals surface area contributed by atoms with Gasteiger partial charge in [-0.2, -0.15) is 0 Å². The van der Waals surface area contributed by atoms with Gasteiger partial charge in [0, 0.05) is 5.56 Å². The van der Waals surface area contributed by atoms with E-state index in [1.807, 2.05) is 48.6 Å². The van der Waals surface area contributed by atoms with Crippen LogP contribution in [0.3, 0.4) is 0 Å². The second-order valence-electron chi connectivity index (χ2n) is 4.77. The maximum Gasteiger partial charge on any atom is 0.248 e. The molecule has 2 N–H and O–H groups in total. The largest absolute Gasteiger partial charge is 0.493 e. The first-order valence-electron chi connectivity index (χ1n) is 7.11. The maximum absolute atomic E-state index is 11.2. The third-order valence-electron chi connectivity index (χ3n) is 3.16. The van der Waals surface area contributed by atoms with E-state index in [0.29, 0.717) is 12.2 Å². The molecule has 3 heteroatoms. The summed E-state index contributed by atoms with van der Waals surface area (Å²) >= 11 is 0. The normalized spacial score (nSPS) is 10.5. The van der Waals surface area contributed by atoms with Crippen LogP contribution in [-0.2, 0) is 0 Å². The van der Waals surface area contributed by atoms with Crippen molar-refractivity contribution in [3.05, 3.63) is 78.9 Å². The SMILES string of the molecule is C=C/C=C/CCOc1ccc(-c2cccc(C(N)=O)c2)cc1. The topological polar surface area (TPSA) is 52.3 Å². The van der Waals surface area contributed by atoms with Crippen LogP contribution in [0.4, 0.5) is 0 Å². The van der Waals surface area contributed by atoms with E-state index in [2.05, 4.69) is 6.58 Å². The molecule has 0 aliphatic carbocycles. The summed E-state index contributed by atoms with van der Waals surface area (Å²) in [6, 6.07) is 15.0. The maximum atomic E-state index is 11.2. The Bertz CT molecular complexity index is 672. The predicted molar refractivity (Wildman–Crippen MR) is 89.8 cm³/mol. The van der Waals surface area contributed by atoms with E-state index < -0.39 is 5.91 Å². The van der Waals surface area contributed by atoms with Crippen molar-refractivity contribution in [2.24, 2.45) is 5.73 Å². The Morgan fingerprint density at radius 2 is 1.91 bits per heavy atom. The number of carbonyl (C=O) groups excluding carboxylic acids is 1. The van der Waals surface area contributed by atoms with Gasteiger partial charge in [-0.05, 0) is 41.8 Å². The number of hydrogen-bond donors (Lipinski definition) is 1. The van der Waals surface area contributed by atoms with Crippen molar-refractivity contribution in [1.29, 1.82) is 0 Å². The Kier molecular flexibility index (Phi) is 5.55. The highest BCUT2D eigenvalue weighted by molar-refractivity contribution is 5.94. The molecule has 3 nitrogen and oxygen atoms in total. The summed E-state index contributed by atoms with van der Waals surface area (Å²) < 4.78 is 5.65. The van der Waals surface area contributed by atoms with Gasteiger partial charge in [-0.15, -0.1) is 0 Å². The van der Waals surface area contributed by atoms with Crippen molar-refractivity contribution < 1.29 is 9.53 Å². The third-order valence-corrected chi connectivity index (χ3v) is 3.16. The van der Waals surface area contributed by atoms with E-state index >= 15 is 0 Å². The van der Waals surface area contributed by atoms with Gasteiger partial charge in [0.05, 0.1) is 6.61 Å². The summed E-state index contributed by atoms with van der Waals surface area (Å²) in [6.07, 6.45) is 6.50. The Morgan fingerprint density at radius 1 is 1.14 bits per heavy atom. The summed E-state index contributed by atoms with van der Waals surface area (Å²) in [5.41, 5.74) is 7.78. The first-order chi connectivity index (χ1) is 10.7. The van der Waals surface area contributed by atoms with Crippen LogP contribution in [0.2, 0.25) is 0 Å². The molecule has 2 aromatic carbocycles. The van der Waals surface area contributed by atoms with Gasteiger partial charge < -0.3 is 10.5 Å². The fourth-order valence-electron chi connectivity index (χ4n) is 2.03. The number of benzene rings is 2.